The number of carbonyl (C=O) groups excluding carboxylic acids is 1. The van der Waals surface area contributed by atoms with Gasteiger partial charge in [0.2, 0.25) is 0 Å². The highest BCUT2D eigenvalue weighted by molar-refractivity contribution is 5.67. The largest absolute Gasteiger partial charge is 0.444 e. The second-order valence-electron chi connectivity index (χ2n) is 5.71. The average Bonchev–Trinajstić information content (AvgIpc) is 2.26. The molecule has 1 aliphatic heterocycles. The van der Waals surface area contributed by atoms with Crippen LogP contribution in [-0.2, 0) is 4.74 Å². The van der Waals surface area contributed by atoms with Gasteiger partial charge in [0.15, 0.2) is 0 Å². The Morgan fingerprint density at radius 1 is 1.50 bits per heavy atom. The van der Waals surface area contributed by atoms with E-state index in [2.05, 4.69) is 16.1 Å². The highest BCUT2D eigenvalue weighted by atomic mass is 16.6. The van der Waals surface area contributed by atoms with Crippen molar-refractivity contribution in [2.75, 3.05) is 19.6 Å². The second-order valence-corrected chi connectivity index (χ2v) is 5.71. The molecule has 0 bridgehead atoms. The number of rotatable bonds is 3. The lowest BCUT2D eigenvalue weighted by Gasteiger charge is -2.34. The Morgan fingerprint density at radius 2 is 2.22 bits per heavy atom. The van der Waals surface area contributed by atoms with Crippen LogP contribution in [0, 0.1) is 12.3 Å². The van der Waals surface area contributed by atoms with Gasteiger partial charge in [0.05, 0.1) is 6.54 Å². The van der Waals surface area contributed by atoms with Crippen molar-refractivity contribution >= 4 is 6.09 Å². The van der Waals surface area contributed by atoms with E-state index in [1.807, 2.05) is 20.8 Å². The van der Waals surface area contributed by atoms with Crippen LogP contribution in [-0.4, -0.2) is 42.3 Å². The standard InChI is InChI=1S/C14H24N2O2/c1-5-9-16-10-7-6-8-12(16)11-15-13(17)18-14(2,3)4/h1,12H,6-11H2,2-4H3,(H,15,17). The first kappa shape index (κ1) is 14.8. The number of nitrogens with zero attached hydrogens (tertiary/aromatic N) is 1. The molecular formula is C14H24N2O2. The first-order valence-electron chi connectivity index (χ1n) is 6.57. The number of likely N-dealkylation sites (tertiary alicyclic amines) is 1. The Labute approximate surface area is 110 Å². The molecule has 0 aliphatic carbocycles. The normalized spacial score (nSPS) is 21.1. The maximum absolute atomic E-state index is 11.6. The second kappa shape index (κ2) is 6.65. The predicted octanol–water partition coefficient (Wildman–Crippen LogP) is 2.00. The minimum absolute atomic E-state index is 0.335. The molecule has 1 atom stereocenters. The molecule has 0 aromatic rings. The van der Waals surface area contributed by atoms with E-state index in [-0.39, 0.29) is 6.09 Å². The van der Waals surface area contributed by atoms with E-state index >= 15 is 0 Å². The highest BCUT2D eigenvalue weighted by Gasteiger charge is 2.23. The number of hydrogen-bond acceptors (Lipinski definition) is 3. The molecule has 0 saturated carbocycles. The summed E-state index contributed by atoms with van der Waals surface area (Å²) in [6.07, 6.45) is 8.47. The van der Waals surface area contributed by atoms with Crippen molar-refractivity contribution < 1.29 is 9.53 Å². The molecule has 0 aromatic carbocycles. The van der Waals surface area contributed by atoms with Crippen molar-refractivity contribution in [2.45, 2.75) is 51.7 Å². The van der Waals surface area contributed by atoms with Crippen molar-refractivity contribution in [2.24, 2.45) is 0 Å². The maximum atomic E-state index is 11.6. The number of terminal acetylenes is 1. The zero-order valence-electron chi connectivity index (χ0n) is 11.7. The van der Waals surface area contributed by atoms with Gasteiger partial charge in [0.1, 0.15) is 5.60 Å². The molecule has 102 valence electrons. The van der Waals surface area contributed by atoms with Gasteiger partial charge in [-0.15, -0.1) is 6.42 Å². The molecule has 4 nitrogen and oxygen atoms in total. The number of ether oxygens (including phenoxy) is 1. The number of nitrogens with one attached hydrogen (secondary N) is 1. The van der Waals surface area contributed by atoms with Gasteiger partial charge >= 0.3 is 6.09 Å². The molecule has 1 fully saturated rings. The molecule has 1 saturated heterocycles. The molecule has 1 aliphatic rings. The molecule has 1 N–H and O–H groups in total. The van der Waals surface area contributed by atoms with Gasteiger partial charge in [0, 0.05) is 12.6 Å². The van der Waals surface area contributed by atoms with Gasteiger partial charge < -0.3 is 10.1 Å². The molecular weight excluding hydrogens is 228 g/mol. The fourth-order valence-corrected chi connectivity index (χ4v) is 2.13. The monoisotopic (exact) mass is 252 g/mol. The van der Waals surface area contributed by atoms with Gasteiger partial charge in [-0.25, -0.2) is 4.79 Å². The summed E-state index contributed by atoms with van der Waals surface area (Å²) in [6.45, 7) is 7.86. The lowest BCUT2D eigenvalue weighted by molar-refractivity contribution is 0.0500. The van der Waals surface area contributed by atoms with Crippen molar-refractivity contribution in [1.82, 2.24) is 10.2 Å². The number of hydrogen-bond donors (Lipinski definition) is 1. The molecule has 1 heterocycles. The van der Waals surface area contributed by atoms with Crippen LogP contribution in [0.5, 0.6) is 0 Å². The van der Waals surface area contributed by atoms with Crippen molar-refractivity contribution in [1.29, 1.82) is 0 Å². The van der Waals surface area contributed by atoms with Crippen LogP contribution >= 0.6 is 0 Å². The Balaban J connectivity index is 2.36. The van der Waals surface area contributed by atoms with Crippen LogP contribution in [0.2, 0.25) is 0 Å². The molecule has 0 spiro atoms. The number of piperidine rings is 1. The lowest BCUT2D eigenvalue weighted by Crippen LogP contribution is -2.47. The minimum Gasteiger partial charge on any atom is -0.444 e. The Hall–Kier alpha value is -1.21. The zero-order valence-corrected chi connectivity index (χ0v) is 11.7. The molecule has 0 radical (unpaired) electrons. The summed E-state index contributed by atoms with van der Waals surface area (Å²) in [6, 6.07) is 0.335. The van der Waals surface area contributed by atoms with Gasteiger partial charge in [0.25, 0.3) is 0 Å². The van der Waals surface area contributed by atoms with E-state index in [0.717, 1.165) is 13.0 Å². The maximum Gasteiger partial charge on any atom is 0.407 e. The van der Waals surface area contributed by atoms with Crippen LogP contribution in [0.3, 0.4) is 0 Å². The Kier molecular flexibility index (Phi) is 5.49. The van der Waals surface area contributed by atoms with E-state index < -0.39 is 5.60 Å². The third-order valence-corrected chi connectivity index (χ3v) is 2.92. The van der Waals surface area contributed by atoms with E-state index in [1.54, 1.807) is 0 Å². The highest BCUT2D eigenvalue weighted by Crippen LogP contribution is 2.16. The third-order valence-electron chi connectivity index (χ3n) is 2.92. The zero-order chi connectivity index (χ0) is 13.6. The van der Waals surface area contributed by atoms with Crippen molar-refractivity contribution in [3.05, 3.63) is 0 Å². The van der Waals surface area contributed by atoms with E-state index in [0.29, 0.717) is 19.1 Å². The summed E-state index contributed by atoms with van der Waals surface area (Å²) in [5, 5.41) is 2.83. The summed E-state index contributed by atoms with van der Waals surface area (Å²) >= 11 is 0. The summed E-state index contributed by atoms with van der Waals surface area (Å²) in [5.74, 6) is 2.68. The van der Waals surface area contributed by atoms with Crippen LogP contribution in [0.4, 0.5) is 4.79 Å². The van der Waals surface area contributed by atoms with Gasteiger partial charge in [-0.05, 0) is 40.2 Å². The van der Waals surface area contributed by atoms with E-state index in [1.165, 1.54) is 12.8 Å². The topological polar surface area (TPSA) is 41.6 Å². The summed E-state index contributed by atoms with van der Waals surface area (Å²) in [7, 11) is 0. The van der Waals surface area contributed by atoms with Gasteiger partial charge in [-0.3, -0.25) is 4.90 Å². The average molecular weight is 252 g/mol. The number of carbonyl (C=O) groups is 1. The molecule has 18 heavy (non-hydrogen) atoms. The van der Waals surface area contributed by atoms with Gasteiger partial charge in [-0.2, -0.15) is 0 Å². The molecule has 0 aromatic heterocycles. The number of alkyl carbamates (subject to hydrolysis) is 1. The minimum atomic E-state index is -0.449. The molecule has 4 heteroatoms. The quantitative estimate of drug-likeness (QED) is 0.781. The van der Waals surface area contributed by atoms with Crippen molar-refractivity contribution in [3.63, 3.8) is 0 Å². The van der Waals surface area contributed by atoms with E-state index in [4.69, 9.17) is 11.2 Å². The lowest BCUT2D eigenvalue weighted by atomic mass is 10.0. The summed E-state index contributed by atoms with van der Waals surface area (Å²) < 4.78 is 5.22. The van der Waals surface area contributed by atoms with Gasteiger partial charge in [-0.1, -0.05) is 12.3 Å². The fraction of sp³-hybridized carbons (Fsp3) is 0.786. The first-order chi connectivity index (χ1) is 8.42. The number of amides is 1. The van der Waals surface area contributed by atoms with Crippen LogP contribution in [0.15, 0.2) is 0 Å². The predicted molar refractivity (Wildman–Crippen MR) is 72.3 cm³/mol. The third kappa shape index (κ3) is 5.42. The molecule has 1 rings (SSSR count). The fourth-order valence-electron chi connectivity index (χ4n) is 2.13. The summed E-state index contributed by atoms with van der Waals surface area (Å²) in [4.78, 5) is 13.8. The summed E-state index contributed by atoms with van der Waals surface area (Å²) in [5.41, 5.74) is -0.449. The van der Waals surface area contributed by atoms with Crippen LogP contribution in [0.25, 0.3) is 0 Å². The molecule has 1 amide bonds. The first-order valence-corrected chi connectivity index (χ1v) is 6.57. The smallest absolute Gasteiger partial charge is 0.407 e. The van der Waals surface area contributed by atoms with E-state index in [9.17, 15) is 4.79 Å². The van der Waals surface area contributed by atoms with Crippen LogP contribution < -0.4 is 5.32 Å². The Bertz CT molecular complexity index is 315. The molecule has 1 unspecified atom stereocenters. The van der Waals surface area contributed by atoms with Crippen LogP contribution in [0.1, 0.15) is 40.0 Å². The SMILES string of the molecule is C#CCN1CCCCC1CNC(=O)OC(C)(C)C. The Morgan fingerprint density at radius 3 is 2.83 bits per heavy atom. The van der Waals surface area contributed by atoms with Crippen molar-refractivity contribution in [3.8, 4) is 12.3 Å².